The molecule has 0 aromatic heterocycles. The predicted molar refractivity (Wildman–Crippen MR) is 128 cm³/mol. The Balaban J connectivity index is 1.32. The number of amidine groups is 3. The van der Waals surface area contributed by atoms with Gasteiger partial charge in [0, 0.05) is 17.7 Å². The van der Waals surface area contributed by atoms with Crippen molar-refractivity contribution in [2.45, 2.75) is 25.7 Å². The molecule has 0 saturated heterocycles. The molecule has 0 atom stereocenters. The average molecular weight is 458 g/mol. The number of halogens is 2. The Bertz CT molecular complexity index is 1060. The monoisotopic (exact) mass is 457 g/mol. The number of benzene rings is 2. The van der Waals surface area contributed by atoms with E-state index in [4.69, 9.17) is 34.0 Å². The van der Waals surface area contributed by atoms with E-state index in [1.54, 1.807) is 12.1 Å². The molecule has 2 aromatic carbocycles. The van der Waals surface area contributed by atoms with Crippen molar-refractivity contribution in [3.05, 3.63) is 74.1 Å². The van der Waals surface area contributed by atoms with E-state index in [1.807, 2.05) is 6.07 Å². The Hall–Kier alpha value is -2.28. The number of aliphatic imine (C=N–C) groups is 1. The van der Waals surface area contributed by atoms with Crippen LogP contribution in [0, 0.1) is 10.8 Å². The van der Waals surface area contributed by atoms with E-state index >= 15 is 0 Å². The highest BCUT2D eigenvalue weighted by Crippen LogP contribution is 2.38. The van der Waals surface area contributed by atoms with E-state index < -0.39 is 0 Å². The average Bonchev–Trinajstić information content (AvgIpc) is 3.25. The van der Waals surface area contributed by atoms with E-state index in [1.165, 1.54) is 17.3 Å². The lowest BCUT2D eigenvalue weighted by Gasteiger charge is -2.07. The van der Waals surface area contributed by atoms with Crippen molar-refractivity contribution in [3.8, 4) is 0 Å². The number of fused-ring (bicyclic) bond motifs is 1. The minimum atomic E-state index is 0.181. The fourth-order valence-electron chi connectivity index (χ4n) is 3.44. The summed E-state index contributed by atoms with van der Waals surface area (Å²) in [5, 5.41) is 24.4. The number of thioether (sulfide) groups is 1. The zero-order valence-electron chi connectivity index (χ0n) is 16.2. The Morgan fingerprint density at radius 1 is 0.967 bits per heavy atom. The molecule has 8 heteroatoms. The normalized spacial score (nSPS) is 17.7. The number of hydrogen-bond donors (Lipinski definition) is 4. The third kappa shape index (κ3) is 4.56. The lowest BCUT2D eigenvalue weighted by molar-refractivity contribution is 0.666. The van der Waals surface area contributed by atoms with Gasteiger partial charge in [-0.05, 0) is 48.7 Å². The molecule has 0 fully saturated rings. The minimum Gasteiger partial charge on any atom is -0.364 e. The predicted octanol–water partition coefficient (Wildman–Crippen LogP) is 5.67. The molecule has 0 spiro atoms. The van der Waals surface area contributed by atoms with Crippen molar-refractivity contribution in [1.29, 1.82) is 10.8 Å². The van der Waals surface area contributed by atoms with Crippen LogP contribution in [0.5, 0.6) is 0 Å². The fraction of sp³-hybridized carbons (Fsp3) is 0.227. The molecule has 2 aromatic rings. The highest BCUT2D eigenvalue weighted by molar-refractivity contribution is 8.18. The molecule has 4 N–H and O–H groups in total. The van der Waals surface area contributed by atoms with Gasteiger partial charge in [0.1, 0.15) is 5.84 Å². The summed E-state index contributed by atoms with van der Waals surface area (Å²) in [6.07, 6.45) is 4.44. The quantitative estimate of drug-likeness (QED) is 0.421. The third-order valence-corrected chi connectivity index (χ3v) is 6.72. The van der Waals surface area contributed by atoms with Gasteiger partial charge in [-0.15, -0.1) is 0 Å². The van der Waals surface area contributed by atoms with Crippen molar-refractivity contribution in [2.75, 3.05) is 6.54 Å². The van der Waals surface area contributed by atoms with Crippen molar-refractivity contribution in [2.24, 2.45) is 4.99 Å². The number of nitrogens with one attached hydrogen (secondary N) is 4. The SMILES string of the molecule is N=C1N=C(NCCCCCc2ccccc2)S/C1=C1/NC(=N)c2cc(Cl)c(Cl)cc21. The van der Waals surface area contributed by atoms with E-state index in [-0.39, 0.29) is 11.7 Å². The van der Waals surface area contributed by atoms with E-state index in [0.29, 0.717) is 31.4 Å². The maximum absolute atomic E-state index is 8.27. The Morgan fingerprint density at radius 3 is 2.47 bits per heavy atom. The van der Waals surface area contributed by atoms with Gasteiger partial charge in [0.05, 0.1) is 20.6 Å². The third-order valence-electron chi connectivity index (χ3n) is 4.96. The van der Waals surface area contributed by atoms with Gasteiger partial charge in [-0.3, -0.25) is 10.8 Å². The van der Waals surface area contributed by atoms with E-state index in [0.717, 1.165) is 37.8 Å². The van der Waals surface area contributed by atoms with Crippen LogP contribution in [0.1, 0.15) is 36.0 Å². The summed E-state index contributed by atoms with van der Waals surface area (Å²) < 4.78 is 0. The van der Waals surface area contributed by atoms with Crippen LogP contribution in [-0.4, -0.2) is 23.4 Å². The van der Waals surface area contributed by atoms with Gasteiger partial charge in [-0.1, -0.05) is 60.0 Å². The van der Waals surface area contributed by atoms with Crippen molar-refractivity contribution in [3.63, 3.8) is 0 Å². The van der Waals surface area contributed by atoms with E-state index in [2.05, 4.69) is 39.9 Å². The highest BCUT2D eigenvalue weighted by atomic mass is 35.5. The molecule has 4 rings (SSSR count). The maximum atomic E-state index is 8.27. The first kappa shape index (κ1) is 21.0. The zero-order chi connectivity index (χ0) is 21.1. The number of unbranched alkanes of at least 4 members (excludes halogenated alkanes) is 2. The number of hydrogen-bond acceptors (Lipinski definition) is 4. The first-order chi connectivity index (χ1) is 14.5. The lowest BCUT2D eigenvalue weighted by Crippen LogP contribution is -2.20. The molecule has 2 heterocycles. The molecule has 0 aliphatic carbocycles. The summed E-state index contributed by atoms with van der Waals surface area (Å²) in [5.41, 5.74) is 3.52. The molecule has 0 bridgehead atoms. The Labute approximate surface area is 190 Å². The van der Waals surface area contributed by atoms with Crippen LogP contribution in [-0.2, 0) is 6.42 Å². The minimum absolute atomic E-state index is 0.181. The summed E-state index contributed by atoms with van der Waals surface area (Å²) in [6, 6.07) is 13.9. The fourth-order valence-corrected chi connectivity index (χ4v) is 4.67. The number of nitrogens with zero attached hydrogens (tertiary/aromatic N) is 1. The molecular weight excluding hydrogens is 437 g/mol. The maximum Gasteiger partial charge on any atom is 0.168 e. The Morgan fingerprint density at radius 2 is 1.70 bits per heavy atom. The molecule has 2 aliphatic heterocycles. The summed E-state index contributed by atoms with van der Waals surface area (Å²) in [5.74, 6) is 0.431. The second kappa shape index (κ2) is 9.25. The van der Waals surface area contributed by atoms with Gasteiger partial charge < -0.3 is 10.6 Å². The molecule has 5 nitrogen and oxygen atoms in total. The van der Waals surface area contributed by atoms with Crippen LogP contribution in [0.3, 0.4) is 0 Å². The topological polar surface area (TPSA) is 84.1 Å². The molecular formula is C22H21Cl2N5S. The lowest BCUT2D eigenvalue weighted by atomic mass is 10.1. The second-order valence-electron chi connectivity index (χ2n) is 7.11. The molecule has 0 saturated carbocycles. The van der Waals surface area contributed by atoms with Gasteiger partial charge in [0.15, 0.2) is 11.0 Å². The smallest absolute Gasteiger partial charge is 0.168 e. The molecule has 30 heavy (non-hydrogen) atoms. The number of aryl methyl sites for hydroxylation is 1. The van der Waals surface area contributed by atoms with Gasteiger partial charge >= 0.3 is 0 Å². The second-order valence-corrected chi connectivity index (χ2v) is 8.92. The molecule has 0 radical (unpaired) electrons. The molecule has 0 amide bonds. The largest absolute Gasteiger partial charge is 0.364 e. The van der Waals surface area contributed by atoms with Crippen LogP contribution in [0.15, 0.2) is 52.4 Å². The summed E-state index contributed by atoms with van der Waals surface area (Å²) >= 11 is 13.7. The molecule has 154 valence electrons. The standard InChI is InChI=1S/C22H21Cl2N5S/c23-16-11-14-15(12-17(16)24)20(25)28-18(14)19-21(26)29-22(30-19)27-10-6-2-5-9-13-7-3-1-4-8-13/h1,3-4,7-8,11-12H,2,5-6,9-10H2,(H2,25,28)(H2,26,27,29)/b19-18+. The number of rotatable bonds is 6. The summed E-state index contributed by atoms with van der Waals surface area (Å²) in [4.78, 5) is 5.03. The van der Waals surface area contributed by atoms with Crippen molar-refractivity contribution < 1.29 is 0 Å². The van der Waals surface area contributed by atoms with Crippen molar-refractivity contribution >= 4 is 57.5 Å². The van der Waals surface area contributed by atoms with Crippen LogP contribution in [0.25, 0.3) is 5.70 Å². The molecule has 2 aliphatic rings. The highest BCUT2D eigenvalue weighted by Gasteiger charge is 2.30. The summed E-state index contributed by atoms with van der Waals surface area (Å²) in [7, 11) is 0. The zero-order valence-corrected chi connectivity index (χ0v) is 18.5. The first-order valence-corrected chi connectivity index (χ1v) is 11.3. The summed E-state index contributed by atoms with van der Waals surface area (Å²) in [6.45, 7) is 0.817. The van der Waals surface area contributed by atoms with Crippen LogP contribution >= 0.6 is 35.0 Å². The molecule has 0 unspecified atom stereocenters. The van der Waals surface area contributed by atoms with Crippen molar-refractivity contribution in [1.82, 2.24) is 10.6 Å². The van der Waals surface area contributed by atoms with Gasteiger partial charge in [0.25, 0.3) is 0 Å². The first-order valence-electron chi connectivity index (χ1n) is 9.76. The van der Waals surface area contributed by atoms with Crippen LogP contribution in [0.2, 0.25) is 10.0 Å². The van der Waals surface area contributed by atoms with Gasteiger partial charge in [0.2, 0.25) is 0 Å². The van der Waals surface area contributed by atoms with Gasteiger partial charge in [-0.25, -0.2) is 4.99 Å². The Kier molecular flexibility index (Phi) is 6.46. The van der Waals surface area contributed by atoms with E-state index in [9.17, 15) is 0 Å². The van der Waals surface area contributed by atoms with Gasteiger partial charge in [-0.2, -0.15) is 0 Å². The van der Waals surface area contributed by atoms with Crippen LogP contribution in [0.4, 0.5) is 0 Å². The van der Waals surface area contributed by atoms with Crippen LogP contribution < -0.4 is 10.6 Å².